The van der Waals surface area contributed by atoms with Gasteiger partial charge in [-0.05, 0) is 31.2 Å². The number of hydrogen-bond donors (Lipinski definition) is 3. The Kier molecular flexibility index (Phi) is 6.02. The Morgan fingerprint density at radius 2 is 1.88 bits per heavy atom. The van der Waals surface area contributed by atoms with Crippen molar-refractivity contribution >= 4 is 22.6 Å². The van der Waals surface area contributed by atoms with E-state index in [0.29, 0.717) is 23.3 Å². The lowest BCUT2D eigenvalue weighted by atomic mass is 10.1. The van der Waals surface area contributed by atoms with Gasteiger partial charge in [-0.3, -0.25) is 9.69 Å². The third-order valence-electron chi connectivity index (χ3n) is 5.46. The number of nitrogens with one attached hydrogen (secondary N) is 2. The molecule has 0 unspecified atom stereocenters. The second-order valence-electron chi connectivity index (χ2n) is 7.65. The molecule has 3 heterocycles. The fraction of sp³-hybridized carbons (Fsp3) is 0.381. The van der Waals surface area contributed by atoms with E-state index in [-0.39, 0.29) is 17.0 Å². The van der Waals surface area contributed by atoms with Crippen molar-refractivity contribution in [1.82, 2.24) is 25.0 Å². The molecule has 8 nitrogen and oxygen atoms in total. The smallest absolute Gasteiger partial charge is 0.416 e. The number of carbonyl (C=O) groups is 1. The Labute approximate surface area is 182 Å². The summed E-state index contributed by atoms with van der Waals surface area (Å²) in [6.07, 6.45) is -3.21. The molecule has 0 saturated carbocycles. The molecule has 1 fully saturated rings. The second kappa shape index (κ2) is 8.75. The van der Waals surface area contributed by atoms with E-state index < -0.39 is 17.6 Å². The van der Waals surface area contributed by atoms with Gasteiger partial charge in [0.15, 0.2) is 5.65 Å². The summed E-state index contributed by atoms with van der Waals surface area (Å²) in [5.74, 6) is -0.935. The Morgan fingerprint density at radius 1 is 1.19 bits per heavy atom. The molecule has 1 saturated heterocycles. The lowest BCUT2D eigenvalue weighted by Gasteiger charge is -2.26. The number of pyridine rings is 1. The number of aromatic nitrogens is 3. The van der Waals surface area contributed by atoms with E-state index in [9.17, 15) is 23.1 Å². The zero-order chi connectivity index (χ0) is 22.9. The summed E-state index contributed by atoms with van der Waals surface area (Å²) >= 11 is 0. The monoisotopic (exact) mass is 448 g/mol. The van der Waals surface area contributed by atoms with Crippen molar-refractivity contribution < 1.29 is 23.1 Å². The van der Waals surface area contributed by atoms with Gasteiger partial charge in [0.2, 0.25) is 0 Å². The van der Waals surface area contributed by atoms with Crippen LogP contribution in [-0.4, -0.2) is 63.4 Å². The van der Waals surface area contributed by atoms with Gasteiger partial charge in [-0.15, -0.1) is 0 Å². The molecule has 3 N–H and O–H groups in total. The van der Waals surface area contributed by atoms with Crippen molar-refractivity contribution in [2.24, 2.45) is 0 Å². The molecule has 4 rings (SSSR count). The van der Waals surface area contributed by atoms with Crippen molar-refractivity contribution in [3.63, 3.8) is 0 Å². The normalized spacial score (nSPS) is 15.2. The molecule has 0 bridgehead atoms. The van der Waals surface area contributed by atoms with Crippen LogP contribution in [0.25, 0.3) is 11.0 Å². The summed E-state index contributed by atoms with van der Waals surface area (Å²) in [4.78, 5) is 19.3. The van der Waals surface area contributed by atoms with Crippen LogP contribution in [0.3, 0.4) is 0 Å². The highest BCUT2D eigenvalue weighted by atomic mass is 19.4. The average Bonchev–Trinajstić information content (AvgIpc) is 3.09. The van der Waals surface area contributed by atoms with Crippen LogP contribution in [0.5, 0.6) is 5.75 Å². The van der Waals surface area contributed by atoms with Gasteiger partial charge in [-0.25, -0.2) is 9.67 Å². The molecule has 1 aliphatic heterocycles. The first-order chi connectivity index (χ1) is 15.2. The van der Waals surface area contributed by atoms with Crippen LogP contribution in [-0.2, 0) is 12.7 Å². The number of aromatic hydroxyl groups is 1. The van der Waals surface area contributed by atoms with Gasteiger partial charge in [0.1, 0.15) is 11.3 Å². The Balaban J connectivity index is 1.52. The molecule has 0 atom stereocenters. The van der Waals surface area contributed by atoms with E-state index in [2.05, 4.69) is 25.6 Å². The molecule has 0 radical (unpaired) electrons. The minimum Gasteiger partial charge on any atom is -0.506 e. The predicted octanol–water partition coefficient (Wildman–Crippen LogP) is 2.62. The highest BCUT2D eigenvalue weighted by Gasteiger charge is 2.30. The minimum atomic E-state index is -4.46. The first-order valence-corrected chi connectivity index (χ1v) is 10.2. The minimum absolute atomic E-state index is 0.0813. The Bertz CT molecular complexity index is 1120. The molecule has 0 spiro atoms. The molecule has 2 aromatic heterocycles. The van der Waals surface area contributed by atoms with E-state index in [1.807, 2.05) is 0 Å². The summed E-state index contributed by atoms with van der Waals surface area (Å²) in [7, 11) is 0. The predicted molar refractivity (Wildman–Crippen MR) is 113 cm³/mol. The summed E-state index contributed by atoms with van der Waals surface area (Å²) in [5, 5.41) is 21.4. The number of halogens is 3. The zero-order valence-corrected chi connectivity index (χ0v) is 17.4. The maximum absolute atomic E-state index is 12.7. The maximum atomic E-state index is 12.7. The summed E-state index contributed by atoms with van der Waals surface area (Å²) in [6.45, 7) is 6.88. The fourth-order valence-corrected chi connectivity index (χ4v) is 3.73. The number of anilines is 1. The average molecular weight is 448 g/mol. The molecule has 1 aliphatic rings. The third-order valence-corrected chi connectivity index (χ3v) is 5.46. The molecular formula is C21H23F3N6O2. The molecule has 32 heavy (non-hydrogen) atoms. The highest BCUT2D eigenvalue weighted by Crippen LogP contribution is 2.32. The third kappa shape index (κ3) is 4.53. The van der Waals surface area contributed by atoms with Crippen LogP contribution in [0.1, 0.15) is 21.6 Å². The van der Waals surface area contributed by atoms with Gasteiger partial charge in [0.25, 0.3) is 5.91 Å². The van der Waals surface area contributed by atoms with Crippen molar-refractivity contribution in [2.75, 3.05) is 38.0 Å². The molecule has 170 valence electrons. The zero-order valence-electron chi connectivity index (χ0n) is 17.4. The Hall–Kier alpha value is -3.18. The molecule has 1 amide bonds. The van der Waals surface area contributed by atoms with Crippen LogP contribution in [0.4, 0.5) is 18.9 Å². The number of nitrogens with zero attached hydrogens (tertiary/aromatic N) is 4. The van der Waals surface area contributed by atoms with Crippen molar-refractivity contribution in [1.29, 1.82) is 0 Å². The standard InChI is InChI=1S/C21H23F3N6O2/c1-13-17-18(31)16(20(32)27-15-4-2-14(3-5-15)21(22,23)24)12-26-19(17)30(28-13)11-10-29-8-6-25-7-9-29/h2-5,12,25H,6-11H2,1H3,(H,26,31)(H,27,32). The number of benzene rings is 1. The van der Waals surface area contributed by atoms with Gasteiger partial charge in [-0.2, -0.15) is 18.3 Å². The molecule has 1 aromatic carbocycles. The number of hydrogen-bond acceptors (Lipinski definition) is 6. The first-order valence-electron chi connectivity index (χ1n) is 10.2. The van der Waals surface area contributed by atoms with Crippen LogP contribution < -0.4 is 10.6 Å². The molecule has 0 aliphatic carbocycles. The largest absolute Gasteiger partial charge is 0.506 e. The number of carbonyl (C=O) groups excluding carboxylic acids is 1. The topological polar surface area (TPSA) is 95.3 Å². The van der Waals surface area contributed by atoms with Crippen LogP contribution >= 0.6 is 0 Å². The fourth-order valence-electron chi connectivity index (χ4n) is 3.73. The maximum Gasteiger partial charge on any atom is 0.416 e. The summed E-state index contributed by atoms with van der Waals surface area (Å²) in [6, 6.07) is 4.07. The van der Waals surface area contributed by atoms with Crippen molar-refractivity contribution in [3.05, 3.63) is 47.3 Å². The lowest BCUT2D eigenvalue weighted by Crippen LogP contribution is -2.44. The second-order valence-corrected chi connectivity index (χ2v) is 7.65. The van der Waals surface area contributed by atoms with Gasteiger partial charge in [0, 0.05) is 44.6 Å². The summed E-state index contributed by atoms with van der Waals surface area (Å²) < 4.78 is 39.8. The number of aryl methyl sites for hydroxylation is 1. The lowest BCUT2D eigenvalue weighted by molar-refractivity contribution is -0.137. The van der Waals surface area contributed by atoms with Gasteiger partial charge < -0.3 is 15.7 Å². The van der Waals surface area contributed by atoms with E-state index in [0.717, 1.165) is 57.0 Å². The number of fused-ring (bicyclic) bond motifs is 1. The quantitative estimate of drug-likeness (QED) is 0.556. The van der Waals surface area contributed by atoms with Crippen LogP contribution in [0, 0.1) is 6.92 Å². The number of rotatable bonds is 5. The van der Waals surface area contributed by atoms with Gasteiger partial charge in [0.05, 0.1) is 23.2 Å². The number of amides is 1. The summed E-state index contributed by atoms with van der Waals surface area (Å²) in [5.41, 5.74) is 0.286. The molecule has 3 aromatic rings. The van der Waals surface area contributed by atoms with Crippen LogP contribution in [0.2, 0.25) is 0 Å². The van der Waals surface area contributed by atoms with E-state index >= 15 is 0 Å². The molecule has 11 heteroatoms. The molecular weight excluding hydrogens is 425 g/mol. The van der Waals surface area contributed by atoms with Crippen LogP contribution in [0.15, 0.2) is 30.5 Å². The van der Waals surface area contributed by atoms with E-state index in [4.69, 9.17) is 0 Å². The number of alkyl halides is 3. The van der Waals surface area contributed by atoms with Crippen molar-refractivity contribution in [3.8, 4) is 5.75 Å². The highest BCUT2D eigenvalue weighted by molar-refractivity contribution is 6.09. The first kappa shape index (κ1) is 22.0. The number of piperazine rings is 1. The van der Waals surface area contributed by atoms with E-state index in [1.54, 1.807) is 11.6 Å². The van der Waals surface area contributed by atoms with Crippen molar-refractivity contribution in [2.45, 2.75) is 19.6 Å². The SMILES string of the molecule is Cc1nn(CCN2CCNCC2)c2ncc(C(=O)Nc3ccc(C(F)(F)F)cc3)c(O)c12. The van der Waals surface area contributed by atoms with Gasteiger partial charge in [-0.1, -0.05) is 0 Å². The van der Waals surface area contributed by atoms with Gasteiger partial charge >= 0.3 is 6.18 Å². The van der Waals surface area contributed by atoms with E-state index in [1.165, 1.54) is 6.20 Å². The Morgan fingerprint density at radius 3 is 2.53 bits per heavy atom.